The van der Waals surface area contributed by atoms with Crippen LogP contribution in [0.5, 0.6) is 0 Å². The number of rotatable bonds is 0. The summed E-state index contributed by atoms with van der Waals surface area (Å²) in [6.45, 7) is 3.64. The van der Waals surface area contributed by atoms with Crippen molar-refractivity contribution in [2.45, 2.75) is 13.3 Å². The average Bonchev–Trinajstić information content (AvgIpc) is 2.27. The number of hydrogen-bond acceptors (Lipinski definition) is 2. The van der Waals surface area contributed by atoms with Gasteiger partial charge in [-0.2, -0.15) is 0 Å². The van der Waals surface area contributed by atoms with Crippen LogP contribution in [0.3, 0.4) is 0 Å². The number of carbonyl (C=O) groups is 2. The number of nitrogens with zero attached hydrogens (tertiary/aromatic N) is 2. The fourth-order valence-corrected chi connectivity index (χ4v) is 1.42. The van der Waals surface area contributed by atoms with Gasteiger partial charge in [0.1, 0.15) is 0 Å². The Morgan fingerprint density at radius 3 is 2.15 bits per heavy atom. The maximum absolute atomic E-state index is 11.0. The molecule has 0 bridgehead atoms. The molecule has 13 heavy (non-hydrogen) atoms. The van der Waals surface area contributed by atoms with Crippen molar-refractivity contribution in [3.05, 3.63) is 0 Å². The van der Waals surface area contributed by atoms with E-state index in [0.717, 1.165) is 6.42 Å². The molecule has 1 fully saturated rings. The molecule has 0 aromatic carbocycles. The van der Waals surface area contributed by atoms with E-state index in [-0.39, 0.29) is 5.91 Å². The van der Waals surface area contributed by atoms with E-state index in [1.165, 1.54) is 11.8 Å². The van der Waals surface area contributed by atoms with Crippen LogP contribution < -0.4 is 0 Å². The van der Waals surface area contributed by atoms with Crippen molar-refractivity contribution in [1.82, 2.24) is 9.80 Å². The van der Waals surface area contributed by atoms with E-state index in [2.05, 4.69) is 0 Å². The summed E-state index contributed by atoms with van der Waals surface area (Å²) < 4.78 is 0. The van der Waals surface area contributed by atoms with Gasteiger partial charge in [0.2, 0.25) is 5.91 Å². The van der Waals surface area contributed by atoms with Gasteiger partial charge in [-0.25, -0.2) is 4.79 Å². The van der Waals surface area contributed by atoms with E-state index in [0.29, 0.717) is 26.2 Å². The third kappa shape index (κ3) is 2.61. The van der Waals surface area contributed by atoms with Gasteiger partial charge in [0, 0.05) is 33.1 Å². The summed E-state index contributed by atoms with van der Waals surface area (Å²) in [6.07, 6.45) is -0.170. The molecule has 0 aromatic rings. The highest BCUT2D eigenvalue weighted by Crippen LogP contribution is 2.03. The third-order valence-electron chi connectivity index (χ3n) is 2.21. The summed E-state index contributed by atoms with van der Waals surface area (Å²) in [5.41, 5.74) is 0. The summed E-state index contributed by atoms with van der Waals surface area (Å²) >= 11 is 0. The fourth-order valence-electron chi connectivity index (χ4n) is 1.42. The second-order valence-electron chi connectivity index (χ2n) is 3.13. The molecule has 0 radical (unpaired) electrons. The molecule has 5 nitrogen and oxygen atoms in total. The molecule has 2 amide bonds. The zero-order valence-electron chi connectivity index (χ0n) is 7.69. The van der Waals surface area contributed by atoms with Crippen LogP contribution in [0.4, 0.5) is 4.79 Å². The standard InChI is InChI=1S/C8H14N2O3/c1-7(11)9-3-2-4-10(6-5-9)8(12)13/h2-6H2,1H3,(H,12,13). The van der Waals surface area contributed by atoms with E-state index >= 15 is 0 Å². The van der Waals surface area contributed by atoms with Gasteiger partial charge in [0.15, 0.2) is 0 Å². The van der Waals surface area contributed by atoms with Gasteiger partial charge in [-0.1, -0.05) is 0 Å². The predicted molar refractivity (Wildman–Crippen MR) is 46.5 cm³/mol. The molecule has 0 unspecified atom stereocenters. The molecular weight excluding hydrogens is 172 g/mol. The lowest BCUT2D eigenvalue weighted by molar-refractivity contribution is -0.128. The van der Waals surface area contributed by atoms with Crippen LogP contribution in [-0.4, -0.2) is 53.1 Å². The first-order valence-electron chi connectivity index (χ1n) is 4.34. The van der Waals surface area contributed by atoms with Crippen molar-refractivity contribution in [3.63, 3.8) is 0 Å². The molecule has 1 saturated heterocycles. The highest BCUT2D eigenvalue weighted by molar-refractivity contribution is 5.73. The van der Waals surface area contributed by atoms with E-state index in [1.807, 2.05) is 0 Å². The molecule has 1 heterocycles. The Morgan fingerprint density at radius 2 is 1.62 bits per heavy atom. The Morgan fingerprint density at radius 1 is 1.08 bits per heavy atom. The number of amides is 2. The maximum atomic E-state index is 11.0. The van der Waals surface area contributed by atoms with E-state index < -0.39 is 6.09 Å². The van der Waals surface area contributed by atoms with Crippen molar-refractivity contribution in [2.75, 3.05) is 26.2 Å². The molecule has 1 N–H and O–H groups in total. The maximum Gasteiger partial charge on any atom is 0.407 e. The highest BCUT2D eigenvalue weighted by Gasteiger charge is 2.18. The van der Waals surface area contributed by atoms with E-state index in [1.54, 1.807) is 4.90 Å². The van der Waals surface area contributed by atoms with Crippen LogP contribution >= 0.6 is 0 Å². The number of hydrogen-bond donors (Lipinski definition) is 1. The molecule has 5 heteroatoms. The summed E-state index contributed by atoms with van der Waals surface area (Å²) in [5, 5.41) is 8.71. The second kappa shape index (κ2) is 4.11. The summed E-state index contributed by atoms with van der Waals surface area (Å²) in [7, 11) is 0. The Kier molecular flexibility index (Phi) is 3.11. The molecule has 74 valence electrons. The van der Waals surface area contributed by atoms with Gasteiger partial charge < -0.3 is 14.9 Å². The lowest BCUT2D eigenvalue weighted by atomic mass is 10.4. The average molecular weight is 186 g/mol. The van der Waals surface area contributed by atoms with Gasteiger partial charge in [-0.3, -0.25) is 4.79 Å². The van der Waals surface area contributed by atoms with Crippen LogP contribution in [0.15, 0.2) is 0 Å². The number of carbonyl (C=O) groups excluding carboxylic acids is 1. The largest absolute Gasteiger partial charge is 0.465 e. The first-order valence-corrected chi connectivity index (χ1v) is 4.34. The molecule has 0 saturated carbocycles. The minimum Gasteiger partial charge on any atom is -0.465 e. The Labute approximate surface area is 76.9 Å². The van der Waals surface area contributed by atoms with Gasteiger partial charge in [0.25, 0.3) is 0 Å². The van der Waals surface area contributed by atoms with Gasteiger partial charge in [-0.15, -0.1) is 0 Å². The molecule has 1 aliphatic rings. The summed E-state index contributed by atoms with van der Waals surface area (Å²) in [4.78, 5) is 24.6. The minimum absolute atomic E-state index is 0.0206. The van der Waals surface area contributed by atoms with Crippen molar-refractivity contribution in [1.29, 1.82) is 0 Å². The van der Waals surface area contributed by atoms with Crippen molar-refractivity contribution >= 4 is 12.0 Å². The Balaban J connectivity index is 2.48. The summed E-state index contributed by atoms with van der Waals surface area (Å²) in [5.74, 6) is 0.0206. The quantitative estimate of drug-likeness (QED) is 0.588. The minimum atomic E-state index is -0.898. The van der Waals surface area contributed by atoms with Crippen molar-refractivity contribution in [3.8, 4) is 0 Å². The predicted octanol–water partition coefficient (Wildman–Crippen LogP) is 0.219. The van der Waals surface area contributed by atoms with Crippen LogP contribution in [0.25, 0.3) is 0 Å². The lowest BCUT2D eigenvalue weighted by Gasteiger charge is -2.18. The molecular formula is C8H14N2O3. The smallest absolute Gasteiger partial charge is 0.407 e. The molecule has 1 rings (SSSR count). The van der Waals surface area contributed by atoms with Crippen LogP contribution in [-0.2, 0) is 4.79 Å². The first kappa shape index (κ1) is 9.83. The van der Waals surface area contributed by atoms with Crippen LogP contribution in [0, 0.1) is 0 Å². The Hall–Kier alpha value is -1.26. The number of carboxylic acid groups (broad SMARTS) is 1. The van der Waals surface area contributed by atoms with Gasteiger partial charge >= 0.3 is 6.09 Å². The highest BCUT2D eigenvalue weighted by atomic mass is 16.4. The topological polar surface area (TPSA) is 60.9 Å². The monoisotopic (exact) mass is 186 g/mol. The molecule has 0 aliphatic carbocycles. The van der Waals surface area contributed by atoms with Crippen LogP contribution in [0.1, 0.15) is 13.3 Å². The molecule has 0 atom stereocenters. The van der Waals surface area contributed by atoms with E-state index in [4.69, 9.17) is 5.11 Å². The fraction of sp³-hybridized carbons (Fsp3) is 0.750. The van der Waals surface area contributed by atoms with Gasteiger partial charge in [-0.05, 0) is 6.42 Å². The van der Waals surface area contributed by atoms with Crippen molar-refractivity contribution in [2.24, 2.45) is 0 Å². The SMILES string of the molecule is CC(=O)N1CCCN(C(=O)O)CC1. The normalized spacial score (nSPS) is 18.2. The Bertz CT molecular complexity index is 195. The molecule has 0 aromatic heterocycles. The third-order valence-corrected chi connectivity index (χ3v) is 2.21. The molecule has 1 aliphatic heterocycles. The van der Waals surface area contributed by atoms with E-state index in [9.17, 15) is 9.59 Å². The zero-order chi connectivity index (χ0) is 9.84. The summed E-state index contributed by atoms with van der Waals surface area (Å²) in [6, 6.07) is 0. The lowest BCUT2D eigenvalue weighted by Crippen LogP contribution is -2.35. The first-order chi connectivity index (χ1) is 6.11. The second-order valence-corrected chi connectivity index (χ2v) is 3.13. The van der Waals surface area contributed by atoms with Crippen molar-refractivity contribution < 1.29 is 14.7 Å². The van der Waals surface area contributed by atoms with Gasteiger partial charge in [0.05, 0.1) is 0 Å². The van der Waals surface area contributed by atoms with Crippen LogP contribution in [0.2, 0.25) is 0 Å². The molecule has 0 spiro atoms. The zero-order valence-corrected chi connectivity index (χ0v) is 7.69.